The number of benzene rings is 6. The van der Waals surface area contributed by atoms with Crippen molar-refractivity contribution in [2.75, 3.05) is 5.73 Å². The number of nitrogen functional groups attached to an aromatic ring is 1. The maximum absolute atomic E-state index is 6.46. The van der Waals surface area contributed by atoms with Crippen LogP contribution in [0.2, 0.25) is 0 Å². The van der Waals surface area contributed by atoms with Gasteiger partial charge in [0, 0.05) is 12.0 Å². The van der Waals surface area contributed by atoms with E-state index >= 15 is 0 Å². The van der Waals surface area contributed by atoms with E-state index in [9.17, 15) is 0 Å². The van der Waals surface area contributed by atoms with Gasteiger partial charge in [-0.05, 0) is 93.0 Å². The van der Waals surface area contributed by atoms with Gasteiger partial charge in [0.1, 0.15) is 0 Å². The number of hydrogen-bond donors (Lipinski definition) is 1. The molecule has 6 rings (SSSR count). The van der Waals surface area contributed by atoms with E-state index in [0.29, 0.717) is 12.1 Å². The van der Waals surface area contributed by atoms with Crippen molar-refractivity contribution in [3.8, 4) is 0 Å². The Labute approximate surface area is 254 Å². The SMILES string of the molecule is CCCC=C/C=C\c1c(C)c2c(C)cccc2c2c(C(Cc3ccccc3)=Nc3ccccc3N)cc3ccccc3c12. The minimum Gasteiger partial charge on any atom is -0.397 e. The van der Waals surface area contributed by atoms with E-state index in [1.54, 1.807) is 0 Å². The Balaban J connectivity index is 1.77. The first-order valence-electron chi connectivity index (χ1n) is 15.2. The molecule has 0 atom stereocenters. The molecule has 2 nitrogen and oxygen atoms in total. The summed E-state index contributed by atoms with van der Waals surface area (Å²) >= 11 is 0. The Morgan fingerprint density at radius 1 is 0.744 bits per heavy atom. The summed E-state index contributed by atoms with van der Waals surface area (Å²) in [6.07, 6.45) is 11.8. The average Bonchev–Trinajstić information content (AvgIpc) is 3.03. The van der Waals surface area contributed by atoms with E-state index in [0.717, 1.165) is 29.8 Å². The number of anilines is 1. The van der Waals surface area contributed by atoms with Crippen LogP contribution >= 0.6 is 0 Å². The molecule has 0 heterocycles. The number of nitrogens with zero attached hydrogens (tertiary/aromatic N) is 1. The molecule has 6 aromatic rings. The molecule has 43 heavy (non-hydrogen) atoms. The van der Waals surface area contributed by atoms with E-state index in [1.807, 2.05) is 24.3 Å². The third-order valence-corrected chi connectivity index (χ3v) is 8.32. The second-order valence-electron chi connectivity index (χ2n) is 11.3. The monoisotopic (exact) mass is 558 g/mol. The number of nitrogens with two attached hydrogens (primary N) is 1. The highest BCUT2D eigenvalue weighted by Crippen LogP contribution is 2.42. The predicted octanol–water partition coefficient (Wildman–Crippen LogP) is 11.1. The molecule has 0 unspecified atom stereocenters. The van der Waals surface area contributed by atoms with Gasteiger partial charge in [-0.3, -0.25) is 4.99 Å². The number of allylic oxidation sites excluding steroid dienone is 3. The number of aryl methyl sites for hydroxylation is 2. The van der Waals surface area contributed by atoms with E-state index in [4.69, 9.17) is 10.7 Å². The van der Waals surface area contributed by atoms with Gasteiger partial charge in [0.25, 0.3) is 0 Å². The van der Waals surface area contributed by atoms with Crippen LogP contribution in [0.4, 0.5) is 11.4 Å². The number of unbranched alkanes of at least 4 members (excludes halogenated alkanes) is 1. The molecular formula is C41H38N2. The Morgan fingerprint density at radius 2 is 1.49 bits per heavy atom. The molecule has 212 valence electrons. The van der Waals surface area contributed by atoms with E-state index in [-0.39, 0.29) is 0 Å². The molecule has 0 radical (unpaired) electrons. The van der Waals surface area contributed by atoms with Gasteiger partial charge in [-0.2, -0.15) is 0 Å². The van der Waals surface area contributed by atoms with Gasteiger partial charge in [0.2, 0.25) is 0 Å². The molecule has 0 saturated heterocycles. The summed E-state index contributed by atoms with van der Waals surface area (Å²) in [5.41, 5.74) is 15.1. The van der Waals surface area contributed by atoms with Crippen LogP contribution in [0.15, 0.2) is 126 Å². The van der Waals surface area contributed by atoms with Crippen LogP contribution in [0, 0.1) is 13.8 Å². The summed E-state index contributed by atoms with van der Waals surface area (Å²) in [5, 5.41) is 7.53. The van der Waals surface area contributed by atoms with Gasteiger partial charge in [-0.25, -0.2) is 0 Å². The molecule has 6 aromatic carbocycles. The Hall–Kier alpha value is -4.95. The topological polar surface area (TPSA) is 38.4 Å². The second-order valence-corrected chi connectivity index (χ2v) is 11.3. The van der Waals surface area contributed by atoms with Crippen molar-refractivity contribution in [2.45, 2.75) is 40.0 Å². The first kappa shape index (κ1) is 28.2. The van der Waals surface area contributed by atoms with Gasteiger partial charge < -0.3 is 5.73 Å². The van der Waals surface area contributed by atoms with Crippen molar-refractivity contribution in [1.29, 1.82) is 0 Å². The highest BCUT2D eigenvalue weighted by atomic mass is 14.8. The molecule has 0 bridgehead atoms. The first-order valence-corrected chi connectivity index (χ1v) is 15.2. The summed E-state index contributed by atoms with van der Waals surface area (Å²) in [6.45, 7) is 6.71. The third-order valence-electron chi connectivity index (χ3n) is 8.32. The molecule has 0 fully saturated rings. The van der Waals surface area contributed by atoms with Crippen molar-refractivity contribution < 1.29 is 0 Å². The lowest BCUT2D eigenvalue weighted by Crippen LogP contribution is -2.08. The van der Waals surface area contributed by atoms with Gasteiger partial charge >= 0.3 is 0 Å². The highest BCUT2D eigenvalue weighted by Gasteiger charge is 2.20. The summed E-state index contributed by atoms with van der Waals surface area (Å²) in [6, 6.07) is 36.3. The summed E-state index contributed by atoms with van der Waals surface area (Å²) in [7, 11) is 0. The molecule has 0 aromatic heterocycles. The molecule has 0 aliphatic carbocycles. The Morgan fingerprint density at radius 3 is 2.30 bits per heavy atom. The standard InChI is InChI=1S/C41H38N2/c1-4-5-6-7-11-21-32-29(3)39-28(2)17-16-23-34(39)41-35(27-31-20-12-13-22-33(31)40(32)41)38(26-30-18-9-8-10-19-30)43-37-25-15-14-24-36(37)42/h6-25,27H,4-5,26,42H2,1-3H3/b7-6?,21-11-,43-38?. The smallest absolute Gasteiger partial charge is 0.0862 e. The number of aliphatic imine (C=N–C) groups is 1. The predicted molar refractivity (Wildman–Crippen MR) is 189 cm³/mol. The van der Waals surface area contributed by atoms with Crippen LogP contribution in [0.25, 0.3) is 38.4 Å². The molecule has 0 saturated carbocycles. The molecular weight excluding hydrogens is 520 g/mol. The zero-order valence-electron chi connectivity index (χ0n) is 25.3. The molecule has 0 aliphatic heterocycles. The largest absolute Gasteiger partial charge is 0.397 e. The Bertz CT molecular complexity index is 2030. The van der Waals surface area contributed by atoms with Crippen molar-refractivity contribution in [2.24, 2.45) is 4.99 Å². The van der Waals surface area contributed by atoms with Crippen LogP contribution in [0.3, 0.4) is 0 Å². The fraction of sp³-hybridized carbons (Fsp3) is 0.146. The van der Waals surface area contributed by atoms with Crippen LogP contribution in [0.1, 0.15) is 47.6 Å². The number of fused-ring (bicyclic) bond motifs is 5. The number of hydrogen-bond acceptors (Lipinski definition) is 2. The fourth-order valence-corrected chi connectivity index (χ4v) is 6.25. The van der Waals surface area contributed by atoms with E-state index in [2.05, 4.69) is 124 Å². The van der Waals surface area contributed by atoms with Crippen molar-refractivity contribution in [3.05, 3.63) is 149 Å². The van der Waals surface area contributed by atoms with E-state index < -0.39 is 0 Å². The van der Waals surface area contributed by atoms with Crippen molar-refractivity contribution >= 4 is 55.5 Å². The van der Waals surface area contributed by atoms with Gasteiger partial charge in [-0.15, -0.1) is 0 Å². The minimum atomic E-state index is 0.678. The van der Waals surface area contributed by atoms with Crippen LogP contribution in [-0.2, 0) is 6.42 Å². The van der Waals surface area contributed by atoms with E-state index in [1.165, 1.54) is 54.6 Å². The third kappa shape index (κ3) is 5.61. The highest BCUT2D eigenvalue weighted by molar-refractivity contribution is 6.29. The normalized spacial score (nSPS) is 12.4. The van der Waals surface area contributed by atoms with Crippen molar-refractivity contribution in [3.63, 3.8) is 0 Å². The summed E-state index contributed by atoms with van der Waals surface area (Å²) in [4.78, 5) is 5.32. The molecule has 0 amide bonds. The summed E-state index contributed by atoms with van der Waals surface area (Å²) in [5.74, 6) is 0. The Kier molecular flexibility index (Phi) is 8.20. The number of para-hydroxylation sites is 2. The second kappa shape index (κ2) is 12.5. The first-order chi connectivity index (χ1) is 21.1. The fourth-order valence-electron chi connectivity index (χ4n) is 6.25. The van der Waals surface area contributed by atoms with Gasteiger partial charge in [0.05, 0.1) is 17.1 Å². The lowest BCUT2D eigenvalue weighted by atomic mass is 9.83. The quantitative estimate of drug-likeness (QED) is 0.0858. The maximum atomic E-state index is 6.46. The molecule has 0 spiro atoms. The van der Waals surface area contributed by atoms with Crippen LogP contribution < -0.4 is 5.73 Å². The number of rotatable bonds is 8. The van der Waals surface area contributed by atoms with Gasteiger partial charge in [-0.1, -0.05) is 123 Å². The average molecular weight is 559 g/mol. The molecule has 2 N–H and O–H groups in total. The minimum absolute atomic E-state index is 0.678. The van der Waals surface area contributed by atoms with Crippen molar-refractivity contribution in [1.82, 2.24) is 0 Å². The lowest BCUT2D eigenvalue weighted by molar-refractivity contribution is 0.959. The zero-order valence-corrected chi connectivity index (χ0v) is 25.3. The molecule has 2 heteroatoms. The lowest BCUT2D eigenvalue weighted by Gasteiger charge is -2.21. The zero-order chi connectivity index (χ0) is 29.8. The maximum Gasteiger partial charge on any atom is 0.0862 e. The van der Waals surface area contributed by atoms with Crippen LogP contribution in [0.5, 0.6) is 0 Å². The molecule has 0 aliphatic rings. The van der Waals surface area contributed by atoms with Gasteiger partial charge in [0.15, 0.2) is 0 Å². The van der Waals surface area contributed by atoms with Crippen LogP contribution in [-0.4, -0.2) is 5.71 Å². The summed E-state index contributed by atoms with van der Waals surface area (Å²) < 4.78 is 0.